The highest BCUT2D eigenvalue weighted by Crippen LogP contribution is 2.63. The van der Waals surface area contributed by atoms with Gasteiger partial charge in [0.1, 0.15) is 17.3 Å². The van der Waals surface area contributed by atoms with Crippen LogP contribution in [0.5, 0.6) is 5.75 Å². The summed E-state index contributed by atoms with van der Waals surface area (Å²) in [5.74, 6) is 0.234. The second-order valence-corrected chi connectivity index (χ2v) is 9.42. The van der Waals surface area contributed by atoms with Crippen LogP contribution in [0.15, 0.2) is 66.2 Å². The van der Waals surface area contributed by atoms with Crippen molar-refractivity contribution in [3.05, 3.63) is 71.8 Å². The van der Waals surface area contributed by atoms with E-state index in [1.807, 2.05) is 67.6 Å². The summed E-state index contributed by atoms with van der Waals surface area (Å²) in [6, 6.07) is 19.2. The Morgan fingerprint density at radius 3 is 2.13 bits per heavy atom. The second-order valence-electron chi connectivity index (χ2n) is 9.42. The molecule has 0 aliphatic heterocycles. The Labute approximate surface area is 177 Å². The number of fused-ring (bicyclic) bond motifs is 3. The molecule has 0 amide bonds. The van der Waals surface area contributed by atoms with Crippen LogP contribution in [0, 0.1) is 22.7 Å². The van der Waals surface area contributed by atoms with Gasteiger partial charge in [-0.25, -0.2) is 0 Å². The van der Waals surface area contributed by atoms with E-state index in [1.165, 1.54) is 7.11 Å². The van der Waals surface area contributed by atoms with Gasteiger partial charge in [0.15, 0.2) is 0 Å². The van der Waals surface area contributed by atoms with Gasteiger partial charge < -0.3 is 9.47 Å². The molecule has 0 heterocycles. The predicted octanol–water partition coefficient (Wildman–Crippen LogP) is 5.29. The van der Waals surface area contributed by atoms with Gasteiger partial charge in [0, 0.05) is 17.9 Å². The number of carbonyl (C=O) groups is 2. The summed E-state index contributed by atoms with van der Waals surface area (Å²) in [4.78, 5) is 26.3. The number of rotatable bonds is 4. The van der Waals surface area contributed by atoms with Gasteiger partial charge in [0.25, 0.3) is 0 Å². The van der Waals surface area contributed by atoms with Crippen molar-refractivity contribution >= 4 is 17.5 Å². The van der Waals surface area contributed by atoms with Gasteiger partial charge in [-0.05, 0) is 35.0 Å². The molecular weight excluding hydrogens is 376 g/mol. The first-order valence-corrected chi connectivity index (χ1v) is 10.4. The fraction of sp³-hybridized carbons (Fsp3) is 0.385. The van der Waals surface area contributed by atoms with Crippen molar-refractivity contribution in [1.29, 1.82) is 0 Å². The maximum atomic E-state index is 13.3. The molecule has 3 atom stereocenters. The van der Waals surface area contributed by atoms with Crippen LogP contribution >= 0.6 is 0 Å². The lowest BCUT2D eigenvalue weighted by atomic mass is 9.45. The van der Waals surface area contributed by atoms with E-state index in [2.05, 4.69) is 13.8 Å². The molecular formula is C26H28O4. The van der Waals surface area contributed by atoms with Crippen molar-refractivity contribution in [3.8, 4) is 5.75 Å². The summed E-state index contributed by atoms with van der Waals surface area (Å²) < 4.78 is 11.7. The van der Waals surface area contributed by atoms with Crippen LogP contribution in [-0.4, -0.2) is 18.9 Å². The lowest BCUT2D eigenvalue weighted by molar-refractivity contribution is -0.160. The summed E-state index contributed by atoms with van der Waals surface area (Å²) in [5, 5.41) is 0. The van der Waals surface area contributed by atoms with Crippen molar-refractivity contribution in [2.45, 2.75) is 33.6 Å². The molecule has 0 radical (unpaired) electrons. The van der Waals surface area contributed by atoms with E-state index in [4.69, 9.17) is 9.47 Å². The highest BCUT2D eigenvalue weighted by atomic mass is 16.5. The summed E-state index contributed by atoms with van der Waals surface area (Å²) in [6.07, 6.45) is 1.17. The first-order valence-electron chi connectivity index (χ1n) is 10.4. The lowest BCUT2D eigenvalue weighted by Crippen LogP contribution is -2.57. The van der Waals surface area contributed by atoms with E-state index >= 15 is 0 Å². The molecule has 30 heavy (non-hydrogen) atoms. The highest BCUT2D eigenvalue weighted by molar-refractivity contribution is 5.95. The molecule has 2 bridgehead atoms. The molecule has 3 saturated carbocycles. The average molecular weight is 405 g/mol. The average Bonchev–Trinajstić information content (AvgIpc) is 2.70. The third-order valence-electron chi connectivity index (χ3n) is 6.56. The van der Waals surface area contributed by atoms with Crippen LogP contribution in [0.3, 0.4) is 0 Å². The molecule has 2 aromatic rings. The van der Waals surface area contributed by atoms with Crippen LogP contribution in [-0.2, 0) is 14.3 Å². The van der Waals surface area contributed by atoms with E-state index in [1.54, 1.807) is 0 Å². The molecule has 0 N–H and O–H groups in total. The minimum absolute atomic E-state index is 0.175. The fourth-order valence-electron chi connectivity index (χ4n) is 5.75. The zero-order valence-corrected chi connectivity index (χ0v) is 18.0. The van der Waals surface area contributed by atoms with Crippen molar-refractivity contribution in [2.24, 2.45) is 22.7 Å². The summed E-state index contributed by atoms with van der Waals surface area (Å²) in [5.41, 5.74) is 0.832. The maximum absolute atomic E-state index is 13.3. The standard InChI is InChI=1S/C26H28O4/c1-25(2)16-26(3)15-19(27)21(25)20(22(26)24(28)29-4)23(17-11-7-5-8-12-17)30-18-13-9-6-10-14-18/h5-14,21-22H,15-16H2,1-4H3/b23-20-/t21-,22-,26-/m1/s1. The molecule has 3 aliphatic carbocycles. The number of para-hydroxylation sites is 1. The molecule has 0 spiro atoms. The number of hydrogen-bond acceptors (Lipinski definition) is 4. The number of ketones is 1. The van der Waals surface area contributed by atoms with Gasteiger partial charge in [-0.1, -0.05) is 69.3 Å². The minimum atomic E-state index is -0.517. The SMILES string of the molecule is COC(=O)[C@H]1/C(=C(\Oc2ccccc2)c2ccccc2)[C@H]2C(=O)C[C@]1(C)CC2(C)C. The fourth-order valence-corrected chi connectivity index (χ4v) is 5.75. The number of carbonyl (C=O) groups excluding carboxylic acids is 2. The molecule has 2 aromatic carbocycles. The Balaban J connectivity index is 2.00. The Hall–Kier alpha value is -2.88. The van der Waals surface area contributed by atoms with E-state index < -0.39 is 11.3 Å². The Morgan fingerprint density at radius 1 is 0.967 bits per heavy atom. The van der Waals surface area contributed by atoms with Crippen molar-refractivity contribution in [3.63, 3.8) is 0 Å². The van der Waals surface area contributed by atoms with E-state index in [0.29, 0.717) is 17.9 Å². The first kappa shape index (κ1) is 20.4. The topological polar surface area (TPSA) is 52.6 Å². The van der Waals surface area contributed by atoms with Crippen molar-refractivity contribution in [1.82, 2.24) is 0 Å². The van der Waals surface area contributed by atoms with Crippen LogP contribution in [0.1, 0.15) is 39.2 Å². The maximum Gasteiger partial charge on any atom is 0.313 e. The van der Waals surface area contributed by atoms with Crippen LogP contribution in [0.25, 0.3) is 5.76 Å². The van der Waals surface area contributed by atoms with Gasteiger partial charge in [-0.3, -0.25) is 9.59 Å². The van der Waals surface area contributed by atoms with E-state index in [9.17, 15) is 9.59 Å². The number of ether oxygens (including phenoxy) is 2. The molecule has 4 heteroatoms. The third kappa shape index (κ3) is 3.34. The molecule has 0 aromatic heterocycles. The Kier molecular flexibility index (Phi) is 5.05. The number of esters is 1. The summed E-state index contributed by atoms with van der Waals surface area (Å²) in [7, 11) is 1.42. The number of benzene rings is 2. The Morgan fingerprint density at radius 2 is 1.57 bits per heavy atom. The van der Waals surface area contributed by atoms with Crippen LogP contribution in [0.4, 0.5) is 0 Å². The summed E-state index contributed by atoms with van der Waals surface area (Å²) in [6.45, 7) is 6.27. The molecule has 0 saturated heterocycles. The molecule has 4 nitrogen and oxygen atoms in total. The first-order chi connectivity index (χ1) is 14.3. The third-order valence-corrected chi connectivity index (χ3v) is 6.56. The molecule has 156 valence electrons. The van der Waals surface area contributed by atoms with E-state index in [0.717, 1.165) is 17.6 Å². The minimum Gasteiger partial charge on any atom is -0.469 e. The molecule has 0 unspecified atom stereocenters. The van der Waals surface area contributed by atoms with E-state index in [-0.39, 0.29) is 23.1 Å². The number of Topliss-reactive ketones (excluding diaryl/α,β-unsaturated/α-hetero) is 1. The zero-order valence-electron chi connectivity index (χ0n) is 18.0. The monoisotopic (exact) mass is 404 g/mol. The lowest BCUT2D eigenvalue weighted by Gasteiger charge is -2.57. The molecule has 3 fully saturated rings. The van der Waals surface area contributed by atoms with Crippen LogP contribution in [0.2, 0.25) is 0 Å². The second kappa shape index (κ2) is 7.42. The quantitative estimate of drug-likeness (QED) is 0.513. The number of methoxy groups -OCH3 is 1. The van der Waals surface area contributed by atoms with Gasteiger partial charge in [-0.15, -0.1) is 0 Å². The van der Waals surface area contributed by atoms with Gasteiger partial charge in [0.2, 0.25) is 0 Å². The van der Waals surface area contributed by atoms with Crippen molar-refractivity contribution < 1.29 is 19.1 Å². The highest BCUT2D eigenvalue weighted by Gasteiger charge is 2.63. The molecule has 3 aliphatic rings. The number of hydrogen-bond donors (Lipinski definition) is 0. The predicted molar refractivity (Wildman–Crippen MR) is 116 cm³/mol. The normalized spacial score (nSPS) is 28.7. The molecule has 5 rings (SSSR count). The smallest absolute Gasteiger partial charge is 0.313 e. The van der Waals surface area contributed by atoms with Gasteiger partial charge in [-0.2, -0.15) is 0 Å². The van der Waals surface area contributed by atoms with Gasteiger partial charge in [0.05, 0.1) is 13.0 Å². The zero-order chi connectivity index (χ0) is 21.5. The Bertz CT molecular complexity index is 990. The largest absolute Gasteiger partial charge is 0.469 e. The van der Waals surface area contributed by atoms with Crippen molar-refractivity contribution in [2.75, 3.05) is 7.11 Å². The summed E-state index contributed by atoms with van der Waals surface area (Å²) >= 11 is 0. The van der Waals surface area contributed by atoms with Gasteiger partial charge >= 0.3 is 5.97 Å². The van der Waals surface area contributed by atoms with Crippen LogP contribution < -0.4 is 4.74 Å².